The molecule has 2 N–H and O–H groups in total. The fourth-order valence-electron chi connectivity index (χ4n) is 2.58. The number of hydrogen-bond acceptors (Lipinski definition) is 12. The topological polar surface area (TPSA) is 159 Å². The van der Waals surface area contributed by atoms with E-state index in [4.69, 9.17) is 38.9 Å². The summed E-state index contributed by atoms with van der Waals surface area (Å²) in [6.45, 7) is 12.4. The average molecular weight is 528 g/mol. The Hall–Kier alpha value is -3.54. The van der Waals surface area contributed by atoms with Gasteiger partial charge in [0, 0.05) is 0 Å². The molecule has 0 bridgehead atoms. The molecule has 37 heavy (non-hydrogen) atoms. The van der Waals surface area contributed by atoms with E-state index in [0.29, 0.717) is 5.56 Å². The van der Waals surface area contributed by atoms with Gasteiger partial charge < -0.3 is 38.9 Å². The Labute approximate surface area is 216 Å². The fraction of sp³-hybridized carbons (Fsp3) is 0.600. The molecule has 12 heteroatoms. The molecule has 12 nitrogen and oxygen atoms in total. The minimum atomic E-state index is -1.10. The number of ether oxygens (including phenoxy) is 7. The normalized spacial score (nSPS) is 13.4. The van der Waals surface area contributed by atoms with Gasteiger partial charge in [-0.25, -0.2) is 14.4 Å². The maximum absolute atomic E-state index is 12.5. The predicted molar refractivity (Wildman–Crippen MR) is 130 cm³/mol. The average Bonchev–Trinajstić information content (AvgIpc) is 2.79. The van der Waals surface area contributed by atoms with Crippen molar-refractivity contribution >= 4 is 24.4 Å². The van der Waals surface area contributed by atoms with Crippen LogP contribution in [0.3, 0.4) is 0 Å². The first-order valence-electron chi connectivity index (χ1n) is 11.9. The van der Waals surface area contributed by atoms with Crippen LogP contribution in [0.1, 0.15) is 54.0 Å². The van der Waals surface area contributed by atoms with E-state index in [9.17, 15) is 19.2 Å². The van der Waals surface area contributed by atoms with Crippen LogP contribution in [0.4, 0.5) is 14.4 Å². The van der Waals surface area contributed by atoms with Crippen LogP contribution in [0.25, 0.3) is 0 Å². The molecule has 0 saturated carbocycles. The van der Waals surface area contributed by atoms with Crippen molar-refractivity contribution in [2.45, 2.75) is 73.1 Å². The van der Waals surface area contributed by atoms with Gasteiger partial charge in [0.25, 0.3) is 0 Å². The molecule has 3 atom stereocenters. The molecular weight excluding hydrogens is 490 g/mol. The Kier molecular flexibility index (Phi) is 12.7. The minimum Gasteiger partial charge on any atom is -0.458 e. The van der Waals surface area contributed by atoms with Crippen LogP contribution in [-0.2, 0) is 34.9 Å². The molecule has 0 spiro atoms. The third kappa shape index (κ3) is 12.3. The number of esters is 1. The molecule has 0 aromatic heterocycles. The fourth-order valence-corrected chi connectivity index (χ4v) is 2.58. The number of nitrogens with two attached hydrogens (primary N) is 1. The van der Waals surface area contributed by atoms with E-state index in [1.807, 2.05) is 20.8 Å². The summed E-state index contributed by atoms with van der Waals surface area (Å²) >= 11 is 0. The van der Waals surface area contributed by atoms with Crippen molar-refractivity contribution in [2.75, 3.05) is 19.8 Å². The standard InChI is InChI=1S/C25H37NO11/c1-8-31-22(28)36-19-11-10-17(13-20(19)37-23(29)32-9-2)12-18(26)21(27)34-15(3)16(4)35-24(30)33-14-25(5,6)7/h10-11,13,15-16,18H,8-9,12,14,26H2,1-7H3/t15-,16-,18-/m0/s1. The maximum atomic E-state index is 12.5. The Morgan fingerprint density at radius 2 is 1.35 bits per heavy atom. The summed E-state index contributed by atoms with van der Waals surface area (Å²) in [6, 6.07) is 3.16. The van der Waals surface area contributed by atoms with Gasteiger partial charge in [-0.3, -0.25) is 4.79 Å². The zero-order valence-corrected chi connectivity index (χ0v) is 22.4. The Balaban J connectivity index is 2.81. The molecule has 1 aromatic rings. The Bertz CT molecular complexity index is 926. The third-order valence-electron chi connectivity index (χ3n) is 4.55. The van der Waals surface area contributed by atoms with E-state index in [1.165, 1.54) is 18.2 Å². The van der Waals surface area contributed by atoms with Crippen molar-refractivity contribution < 1.29 is 52.3 Å². The van der Waals surface area contributed by atoms with Crippen molar-refractivity contribution in [3.8, 4) is 11.5 Å². The predicted octanol–water partition coefficient (Wildman–Crippen LogP) is 4.15. The van der Waals surface area contributed by atoms with Crippen molar-refractivity contribution in [2.24, 2.45) is 11.1 Å². The van der Waals surface area contributed by atoms with E-state index in [2.05, 4.69) is 0 Å². The summed E-state index contributed by atoms with van der Waals surface area (Å²) in [5.74, 6) is -0.969. The van der Waals surface area contributed by atoms with Gasteiger partial charge in [0.15, 0.2) is 11.5 Å². The first-order chi connectivity index (χ1) is 17.2. The van der Waals surface area contributed by atoms with E-state index >= 15 is 0 Å². The molecular formula is C25H37NO11. The van der Waals surface area contributed by atoms with E-state index in [1.54, 1.807) is 27.7 Å². The second-order valence-electron chi connectivity index (χ2n) is 9.23. The summed E-state index contributed by atoms with van der Waals surface area (Å²) in [5, 5.41) is 0. The van der Waals surface area contributed by atoms with Crippen LogP contribution in [0.5, 0.6) is 11.5 Å². The smallest absolute Gasteiger partial charge is 0.458 e. The monoisotopic (exact) mass is 527 g/mol. The van der Waals surface area contributed by atoms with E-state index in [0.717, 1.165) is 0 Å². The lowest BCUT2D eigenvalue weighted by molar-refractivity contribution is -0.155. The number of carbonyl (C=O) groups is 4. The zero-order chi connectivity index (χ0) is 28.2. The van der Waals surface area contributed by atoms with E-state index in [-0.39, 0.29) is 43.2 Å². The summed E-state index contributed by atoms with van der Waals surface area (Å²) in [5.41, 5.74) is 6.26. The minimum absolute atomic E-state index is 0.00666. The largest absolute Gasteiger partial charge is 0.513 e. The molecule has 0 aliphatic carbocycles. The SMILES string of the molecule is CCOC(=O)Oc1ccc(C[C@H](N)C(=O)O[C@@H](C)[C@H](C)OC(=O)OCC(C)(C)C)cc1OC(=O)OCC. The third-order valence-corrected chi connectivity index (χ3v) is 4.55. The first-order valence-corrected chi connectivity index (χ1v) is 11.9. The lowest BCUT2D eigenvalue weighted by Crippen LogP contribution is -2.39. The van der Waals surface area contributed by atoms with E-state index < -0.39 is 42.7 Å². The molecule has 0 aliphatic heterocycles. The van der Waals surface area contributed by atoms with Gasteiger partial charge in [0.2, 0.25) is 0 Å². The van der Waals surface area contributed by atoms with Crippen LogP contribution in [0.2, 0.25) is 0 Å². The number of rotatable bonds is 11. The van der Waals surface area contributed by atoms with Crippen molar-refractivity contribution in [1.29, 1.82) is 0 Å². The lowest BCUT2D eigenvalue weighted by atomic mass is 9.99. The van der Waals surface area contributed by atoms with Crippen LogP contribution >= 0.6 is 0 Å². The van der Waals surface area contributed by atoms with Gasteiger partial charge in [0.05, 0.1) is 19.8 Å². The highest BCUT2D eigenvalue weighted by Gasteiger charge is 2.26. The zero-order valence-electron chi connectivity index (χ0n) is 22.4. The highest BCUT2D eigenvalue weighted by molar-refractivity contribution is 5.76. The Morgan fingerprint density at radius 1 is 0.811 bits per heavy atom. The van der Waals surface area contributed by atoms with Gasteiger partial charge in [-0.05, 0) is 57.2 Å². The lowest BCUT2D eigenvalue weighted by Gasteiger charge is -2.23. The van der Waals surface area contributed by atoms with Gasteiger partial charge in [-0.1, -0.05) is 26.8 Å². The number of hydrogen-bond donors (Lipinski definition) is 1. The molecule has 1 aromatic carbocycles. The quantitative estimate of drug-likeness (QED) is 0.249. The number of benzene rings is 1. The van der Waals surface area contributed by atoms with Gasteiger partial charge in [0.1, 0.15) is 18.2 Å². The maximum Gasteiger partial charge on any atom is 0.513 e. The van der Waals surface area contributed by atoms with Crippen LogP contribution in [-0.4, -0.2) is 62.5 Å². The second kappa shape index (κ2) is 14.9. The highest BCUT2D eigenvalue weighted by Crippen LogP contribution is 2.30. The van der Waals surface area contributed by atoms with Gasteiger partial charge in [-0.2, -0.15) is 0 Å². The Morgan fingerprint density at radius 3 is 1.89 bits per heavy atom. The van der Waals surface area contributed by atoms with Crippen molar-refractivity contribution in [3.05, 3.63) is 23.8 Å². The number of carbonyl (C=O) groups excluding carboxylic acids is 4. The summed E-state index contributed by atoms with van der Waals surface area (Å²) < 4.78 is 35.2. The van der Waals surface area contributed by atoms with Crippen molar-refractivity contribution in [1.82, 2.24) is 0 Å². The van der Waals surface area contributed by atoms with Crippen LogP contribution in [0, 0.1) is 5.41 Å². The first kappa shape index (κ1) is 31.5. The molecule has 0 aliphatic rings. The van der Waals surface area contributed by atoms with Crippen LogP contribution in [0.15, 0.2) is 18.2 Å². The second-order valence-corrected chi connectivity index (χ2v) is 9.23. The summed E-state index contributed by atoms with van der Waals surface area (Å²) in [4.78, 5) is 47.9. The van der Waals surface area contributed by atoms with Crippen LogP contribution < -0.4 is 15.2 Å². The molecule has 0 saturated heterocycles. The molecule has 0 unspecified atom stereocenters. The van der Waals surface area contributed by atoms with Gasteiger partial charge >= 0.3 is 24.4 Å². The molecule has 0 amide bonds. The summed E-state index contributed by atoms with van der Waals surface area (Å²) in [7, 11) is 0. The van der Waals surface area contributed by atoms with Gasteiger partial charge in [-0.15, -0.1) is 0 Å². The molecule has 0 fully saturated rings. The summed E-state index contributed by atoms with van der Waals surface area (Å²) in [6.07, 6.45) is -4.46. The molecule has 208 valence electrons. The molecule has 0 heterocycles. The van der Waals surface area contributed by atoms with Crippen molar-refractivity contribution in [3.63, 3.8) is 0 Å². The molecule has 0 radical (unpaired) electrons. The highest BCUT2D eigenvalue weighted by atomic mass is 16.7. The molecule has 1 rings (SSSR count).